The Labute approximate surface area is 107 Å². The van der Waals surface area contributed by atoms with Crippen molar-refractivity contribution in [3.8, 4) is 0 Å². The zero-order valence-electron chi connectivity index (χ0n) is 10.6. The van der Waals surface area contributed by atoms with E-state index in [1.165, 1.54) is 6.26 Å². The number of guanidine groups is 1. The Kier molecular flexibility index (Phi) is 5.70. The van der Waals surface area contributed by atoms with Gasteiger partial charge in [-0.1, -0.05) is 0 Å². The van der Waals surface area contributed by atoms with Crippen molar-refractivity contribution >= 4 is 15.8 Å². The van der Waals surface area contributed by atoms with Gasteiger partial charge in [-0.05, 0) is 19.1 Å². The molecule has 7 heteroatoms. The monoisotopic (exact) mass is 273 g/mol. The average Bonchev–Trinajstić information content (AvgIpc) is 2.77. The van der Waals surface area contributed by atoms with Gasteiger partial charge in [0.2, 0.25) is 0 Å². The molecule has 0 bridgehead atoms. The van der Waals surface area contributed by atoms with E-state index < -0.39 is 9.84 Å². The molecule has 0 atom stereocenters. The second-order valence-corrected chi connectivity index (χ2v) is 6.09. The maximum absolute atomic E-state index is 11.0. The summed E-state index contributed by atoms with van der Waals surface area (Å²) in [7, 11) is -2.96. The Morgan fingerprint density at radius 1 is 1.44 bits per heavy atom. The molecule has 0 aliphatic carbocycles. The second kappa shape index (κ2) is 7.05. The minimum absolute atomic E-state index is 0.0815. The first kappa shape index (κ1) is 14.6. The van der Waals surface area contributed by atoms with Crippen molar-refractivity contribution in [3.63, 3.8) is 0 Å². The molecule has 2 N–H and O–H groups in total. The van der Waals surface area contributed by atoms with Crippen LogP contribution in [0.1, 0.15) is 12.7 Å². The van der Waals surface area contributed by atoms with Gasteiger partial charge in [0.05, 0.1) is 12.0 Å². The van der Waals surface area contributed by atoms with Crippen LogP contribution in [-0.2, 0) is 16.4 Å². The van der Waals surface area contributed by atoms with Crippen molar-refractivity contribution in [1.29, 1.82) is 0 Å². The second-order valence-electron chi connectivity index (χ2n) is 3.83. The summed E-state index contributed by atoms with van der Waals surface area (Å²) in [6, 6.07) is 3.64. The molecular weight excluding hydrogens is 254 g/mol. The van der Waals surface area contributed by atoms with Crippen LogP contribution in [0.15, 0.2) is 27.8 Å². The third-order valence-electron chi connectivity index (χ3n) is 2.08. The fraction of sp³-hybridized carbons (Fsp3) is 0.545. The van der Waals surface area contributed by atoms with E-state index in [-0.39, 0.29) is 5.75 Å². The van der Waals surface area contributed by atoms with E-state index in [0.717, 1.165) is 5.76 Å². The molecule has 0 aromatic carbocycles. The number of nitrogens with zero attached hydrogens (tertiary/aromatic N) is 1. The fourth-order valence-electron chi connectivity index (χ4n) is 1.26. The Balaban J connectivity index is 2.46. The van der Waals surface area contributed by atoms with E-state index >= 15 is 0 Å². The zero-order valence-corrected chi connectivity index (χ0v) is 11.5. The van der Waals surface area contributed by atoms with Gasteiger partial charge in [0, 0.05) is 19.3 Å². The molecule has 6 nitrogen and oxygen atoms in total. The van der Waals surface area contributed by atoms with E-state index in [0.29, 0.717) is 25.6 Å². The predicted octanol–water partition coefficient (Wildman–Crippen LogP) is 0.379. The summed E-state index contributed by atoms with van der Waals surface area (Å²) in [5, 5.41) is 5.99. The number of hydrogen-bond donors (Lipinski definition) is 2. The Bertz CT molecular complexity index is 466. The standard InChI is InChI=1S/C11H19N3O3S/c1-3-12-11(13-6-8-18(2,15)16)14-9-10-5-4-7-17-10/h4-5,7H,3,6,8-9H2,1-2H3,(H2,12,13,14). The molecule has 1 aromatic rings. The molecular formula is C11H19N3O3S. The summed E-state index contributed by atoms with van der Waals surface area (Å²) >= 11 is 0. The van der Waals surface area contributed by atoms with Crippen molar-refractivity contribution in [2.75, 3.05) is 25.1 Å². The van der Waals surface area contributed by atoms with Crippen LogP contribution >= 0.6 is 0 Å². The molecule has 0 saturated carbocycles. The molecule has 0 aliphatic rings. The highest BCUT2D eigenvalue weighted by Gasteiger charge is 2.03. The zero-order chi connectivity index (χ0) is 13.4. The SMILES string of the molecule is CCNC(=NCc1ccco1)NCCS(C)(=O)=O. The quantitative estimate of drug-likeness (QED) is 0.578. The third-order valence-corrected chi connectivity index (χ3v) is 3.03. The van der Waals surface area contributed by atoms with E-state index in [9.17, 15) is 8.42 Å². The summed E-state index contributed by atoms with van der Waals surface area (Å²) in [6.07, 6.45) is 2.80. The summed E-state index contributed by atoms with van der Waals surface area (Å²) in [6.45, 7) is 3.41. The van der Waals surface area contributed by atoms with E-state index in [1.807, 2.05) is 13.0 Å². The van der Waals surface area contributed by atoms with Crippen LogP contribution in [-0.4, -0.2) is 39.5 Å². The topological polar surface area (TPSA) is 83.7 Å². The molecule has 0 radical (unpaired) electrons. The van der Waals surface area contributed by atoms with Crippen LogP contribution in [0.5, 0.6) is 0 Å². The number of furan rings is 1. The van der Waals surface area contributed by atoms with E-state index in [2.05, 4.69) is 15.6 Å². The molecule has 0 amide bonds. The van der Waals surface area contributed by atoms with Gasteiger partial charge in [0.1, 0.15) is 22.1 Å². The maximum atomic E-state index is 11.0. The largest absolute Gasteiger partial charge is 0.467 e. The molecule has 18 heavy (non-hydrogen) atoms. The van der Waals surface area contributed by atoms with Crippen LogP contribution < -0.4 is 10.6 Å². The molecule has 0 saturated heterocycles. The summed E-state index contributed by atoms with van der Waals surface area (Å²) in [5.41, 5.74) is 0. The lowest BCUT2D eigenvalue weighted by molar-refractivity contribution is 0.512. The number of hydrogen-bond acceptors (Lipinski definition) is 4. The predicted molar refractivity (Wildman–Crippen MR) is 71.2 cm³/mol. The fourth-order valence-corrected chi connectivity index (χ4v) is 1.73. The average molecular weight is 273 g/mol. The van der Waals surface area contributed by atoms with Gasteiger partial charge in [-0.15, -0.1) is 0 Å². The van der Waals surface area contributed by atoms with Crippen molar-refractivity contribution in [3.05, 3.63) is 24.2 Å². The number of aliphatic imine (C=N–C) groups is 1. The third kappa shape index (κ3) is 6.29. The smallest absolute Gasteiger partial charge is 0.191 e. The van der Waals surface area contributed by atoms with Crippen LogP contribution in [0.2, 0.25) is 0 Å². The molecule has 0 spiro atoms. The van der Waals surface area contributed by atoms with Gasteiger partial charge >= 0.3 is 0 Å². The van der Waals surface area contributed by atoms with Crippen molar-refractivity contribution in [2.24, 2.45) is 4.99 Å². The highest BCUT2D eigenvalue weighted by Crippen LogP contribution is 2.00. The lowest BCUT2D eigenvalue weighted by Gasteiger charge is -2.10. The molecule has 1 rings (SSSR count). The van der Waals surface area contributed by atoms with Gasteiger partial charge < -0.3 is 15.1 Å². The lowest BCUT2D eigenvalue weighted by Crippen LogP contribution is -2.39. The van der Waals surface area contributed by atoms with Crippen molar-refractivity contribution < 1.29 is 12.8 Å². The lowest BCUT2D eigenvalue weighted by atomic mass is 10.4. The molecule has 1 heterocycles. The minimum atomic E-state index is -2.96. The summed E-state index contributed by atoms with van der Waals surface area (Å²) in [5.74, 6) is 1.42. The Hall–Kier alpha value is -1.50. The molecule has 0 aliphatic heterocycles. The van der Waals surface area contributed by atoms with Gasteiger partial charge in [0.15, 0.2) is 5.96 Å². The van der Waals surface area contributed by atoms with Gasteiger partial charge in [-0.3, -0.25) is 0 Å². The van der Waals surface area contributed by atoms with Gasteiger partial charge in [0.25, 0.3) is 0 Å². The number of sulfone groups is 1. The Morgan fingerprint density at radius 3 is 2.78 bits per heavy atom. The molecule has 1 aromatic heterocycles. The first-order valence-corrected chi connectivity index (χ1v) is 7.79. The maximum Gasteiger partial charge on any atom is 0.191 e. The molecule has 0 fully saturated rings. The van der Waals surface area contributed by atoms with E-state index in [1.54, 1.807) is 12.3 Å². The molecule has 0 unspecified atom stereocenters. The normalized spacial score (nSPS) is 12.4. The van der Waals surface area contributed by atoms with Crippen LogP contribution in [0.3, 0.4) is 0 Å². The van der Waals surface area contributed by atoms with Crippen molar-refractivity contribution in [2.45, 2.75) is 13.5 Å². The highest BCUT2D eigenvalue weighted by molar-refractivity contribution is 7.90. The first-order chi connectivity index (χ1) is 8.51. The van der Waals surface area contributed by atoms with Crippen LogP contribution in [0, 0.1) is 0 Å². The minimum Gasteiger partial charge on any atom is -0.467 e. The summed E-state index contributed by atoms with van der Waals surface area (Å²) in [4.78, 5) is 4.28. The number of nitrogens with one attached hydrogen (secondary N) is 2. The summed E-state index contributed by atoms with van der Waals surface area (Å²) < 4.78 is 27.2. The van der Waals surface area contributed by atoms with E-state index in [4.69, 9.17) is 4.42 Å². The highest BCUT2D eigenvalue weighted by atomic mass is 32.2. The van der Waals surface area contributed by atoms with Crippen LogP contribution in [0.25, 0.3) is 0 Å². The van der Waals surface area contributed by atoms with Crippen LogP contribution in [0.4, 0.5) is 0 Å². The van der Waals surface area contributed by atoms with Gasteiger partial charge in [-0.2, -0.15) is 0 Å². The first-order valence-electron chi connectivity index (χ1n) is 5.73. The van der Waals surface area contributed by atoms with Crippen molar-refractivity contribution in [1.82, 2.24) is 10.6 Å². The number of rotatable bonds is 6. The molecule has 102 valence electrons. The van der Waals surface area contributed by atoms with Gasteiger partial charge in [-0.25, -0.2) is 13.4 Å². The Morgan fingerprint density at radius 2 is 2.22 bits per heavy atom.